The van der Waals surface area contributed by atoms with E-state index in [9.17, 15) is 9.59 Å². The van der Waals surface area contributed by atoms with Crippen molar-refractivity contribution in [1.82, 2.24) is 0 Å². The van der Waals surface area contributed by atoms with Crippen LogP contribution in [0.1, 0.15) is 19.8 Å². The van der Waals surface area contributed by atoms with Crippen LogP contribution in [0.25, 0.3) is 0 Å². The van der Waals surface area contributed by atoms with Crippen molar-refractivity contribution in [2.45, 2.75) is 19.8 Å². The van der Waals surface area contributed by atoms with E-state index in [4.69, 9.17) is 0 Å². The molecule has 0 unspecified atom stereocenters. The van der Waals surface area contributed by atoms with Gasteiger partial charge in [-0.2, -0.15) is 0 Å². The molecule has 1 fully saturated rings. The molecule has 3 heteroatoms. The quantitative estimate of drug-likeness (QED) is 0.307. The normalized spacial score (nSPS) is 34.2. The minimum absolute atomic E-state index is 0.193. The molecule has 3 nitrogen and oxygen atoms in total. The highest BCUT2D eigenvalue weighted by Gasteiger charge is 2.44. The Morgan fingerprint density at radius 2 is 2.17 bits per heavy atom. The van der Waals surface area contributed by atoms with Gasteiger partial charge in [-0.1, -0.05) is 11.6 Å². The molecule has 0 N–H and O–H groups in total. The van der Waals surface area contributed by atoms with E-state index in [0.717, 1.165) is 12.8 Å². The van der Waals surface area contributed by atoms with Gasteiger partial charge >= 0.3 is 11.9 Å². The second kappa shape index (κ2) is 2.44. The zero-order valence-electron chi connectivity index (χ0n) is 6.87. The van der Waals surface area contributed by atoms with Crippen molar-refractivity contribution in [2.75, 3.05) is 0 Å². The van der Waals surface area contributed by atoms with Gasteiger partial charge in [-0.15, -0.1) is 0 Å². The SMILES string of the molecule is CC1=C[C@@H]2C(=O)OC(=O)[C@H]2CC1. The number of ether oxygens (including phenoxy) is 1. The van der Waals surface area contributed by atoms with Gasteiger partial charge in [0.05, 0.1) is 11.8 Å². The lowest BCUT2D eigenvalue weighted by atomic mass is 9.83. The van der Waals surface area contributed by atoms with Crippen molar-refractivity contribution in [3.8, 4) is 0 Å². The highest BCUT2D eigenvalue weighted by atomic mass is 16.6. The Labute approximate surface area is 70.4 Å². The van der Waals surface area contributed by atoms with E-state index in [-0.39, 0.29) is 23.8 Å². The predicted octanol–water partition coefficient (Wildman–Crippen LogP) is 1.04. The van der Waals surface area contributed by atoms with Gasteiger partial charge in [0.15, 0.2) is 0 Å². The van der Waals surface area contributed by atoms with E-state index in [2.05, 4.69) is 4.74 Å². The van der Waals surface area contributed by atoms with Gasteiger partial charge in [0.1, 0.15) is 0 Å². The lowest BCUT2D eigenvalue weighted by molar-refractivity contribution is -0.153. The monoisotopic (exact) mass is 166 g/mol. The van der Waals surface area contributed by atoms with Gasteiger partial charge in [0, 0.05) is 0 Å². The molecule has 0 bridgehead atoms. The average Bonchev–Trinajstić information content (AvgIpc) is 2.28. The zero-order valence-corrected chi connectivity index (χ0v) is 6.87. The third-order valence-electron chi connectivity index (χ3n) is 2.52. The van der Waals surface area contributed by atoms with Crippen molar-refractivity contribution >= 4 is 11.9 Å². The molecule has 1 aliphatic carbocycles. The molecule has 64 valence electrons. The number of carbonyl (C=O) groups excluding carboxylic acids is 2. The molecule has 1 saturated heterocycles. The van der Waals surface area contributed by atoms with E-state index >= 15 is 0 Å². The molecule has 2 aliphatic rings. The van der Waals surface area contributed by atoms with Gasteiger partial charge < -0.3 is 4.74 Å². The van der Waals surface area contributed by atoms with Crippen LogP contribution in [0.2, 0.25) is 0 Å². The van der Waals surface area contributed by atoms with Crippen LogP contribution in [0, 0.1) is 11.8 Å². The molecule has 0 aromatic rings. The molecule has 1 aliphatic heterocycles. The van der Waals surface area contributed by atoms with Gasteiger partial charge in [0.2, 0.25) is 0 Å². The average molecular weight is 166 g/mol. The van der Waals surface area contributed by atoms with E-state index in [0.29, 0.717) is 0 Å². The van der Waals surface area contributed by atoms with Crippen LogP contribution in [0.5, 0.6) is 0 Å². The summed E-state index contributed by atoms with van der Waals surface area (Å²) in [7, 11) is 0. The molecule has 0 aromatic heterocycles. The second-order valence-corrected chi connectivity index (χ2v) is 3.42. The molecule has 2 rings (SSSR count). The summed E-state index contributed by atoms with van der Waals surface area (Å²) in [5, 5.41) is 0. The number of esters is 2. The lowest BCUT2D eigenvalue weighted by Crippen LogP contribution is -2.19. The standard InChI is InChI=1S/C9H10O3/c1-5-2-3-6-7(4-5)9(11)12-8(6)10/h4,6-7H,2-3H2,1H3/t6-,7-/m0/s1. The topological polar surface area (TPSA) is 43.4 Å². The smallest absolute Gasteiger partial charge is 0.321 e. The molecule has 0 spiro atoms. The fraction of sp³-hybridized carbons (Fsp3) is 0.556. The number of carbonyl (C=O) groups is 2. The molecule has 0 radical (unpaired) electrons. The van der Waals surface area contributed by atoms with Gasteiger partial charge in [-0.25, -0.2) is 0 Å². The first-order valence-corrected chi connectivity index (χ1v) is 4.11. The highest BCUT2D eigenvalue weighted by Crippen LogP contribution is 2.34. The Bertz CT molecular complexity index is 277. The molecular formula is C9H10O3. The van der Waals surface area contributed by atoms with E-state index < -0.39 is 0 Å². The maximum absolute atomic E-state index is 11.1. The number of fused-ring (bicyclic) bond motifs is 1. The zero-order chi connectivity index (χ0) is 8.72. The Morgan fingerprint density at radius 3 is 2.92 bits per heavy atom. The molecule has 0 saturated carbocycles. The van der Waals surface area contributed by atoms with Gasteiger partial charge in [-0.05, 0) is 19.8 Å². The highest BCUT2D eigenvalue weighted by molar-refractivity contribution is 5.97. The van der Waals surface area contributed by atoms with Crippen LogP contribution in [-0.2, 0) is 14.3 Å². The third-order valence-corrected chi connectivity index (χ3v) is 2.52. The first-order chi connectivity index (χ1) is 5.68. The Balaban J connectivity index is 2.32. The molecule has 1 heterocycles. The van der Waals surface area contributed by atoms with Crippen LogP contribution >= 0.6 is 0 Å². The fourth-order valence-corrected chi connectivity index (χ4v) is 1.81. The molecule has 0 aromatic carbocycles. The van der Waals surface area contributed by atoms with Crippen molar-refractivity contribution < 1.29 is 14.3 Å². The maximum atomic E-state index is 11.1. The first kappa shape index (κ1) is 7.53. The molecular weight excluding hydrogens is 156 g/mol. The minimum atomic E-state index is -0.371. The van der Waals surface area contributed by atoms with Crippen LogP contribution in [0.4, 0.5) is 0 Å². The summed E-state index contributed by atoms with van der Waals surface area (Å²) >= 11 is 0. The van der Waals surface area contributed by atoms with Gasteiger partial charge in [0.25, 0.3) is 0 Å². The van der Waals surface area contributed by atoms with E-state index in [1.807, 2.05) is 13.0 Å². The van der Waals surface area contributed by atoms with E-state index in [1.54, 1.807) is 0 Å². The first-order valence-electron chi connectivity index (χ1n) is 4.11. The van der Waals surface area contributed by atoms with Gasteiger partial charge in [-0.3, -0.25) is 9.59 Å². The lowest BCUT2D eigenvalue weighted by Gasteiger charge is -2.16. The van der Waals surface area contributed by atoms with Crippen LogP contribution in [-0.4, -0.2) is 11.9 Å². The van der Waals surface area contributed by atoms with Crippen molar-refractivity contribution in [3.05, 3.63) is 11.6 Å². The number of hydrogen-bond donors (Lipinski definition) is 0. The second-order valence-electron chi connectivity index (χ2n) is 3.42. The predicted molar refractivity (Wildman–Crippen MR) is 41.1 cm³/mol. The molecule has 0 amide bonds. The summed E-state index contributed by atoms with van der Waals surface area (Å²) in [4.78, 5) is 22.1. The summed E-state index contributed by atoms with van der Waals surface area (Å²) in [6.45, 7) is 1.98. The summed E-state index contributed by atoms with van der Waals surface area (Å²) in [5.74, 6) is -1.19. The largest absolute Gasteiger partial charge is 0.392 e. The number of hydrogen-bond acceptors (Lipinski definition) is 3. The minimum Gasteiger partial charge on any atom is -0.392 e. The van der Waals surface area contributed by atoms with Crippen molar-refractivity contribution in [3.63, 3.8) is 0 Å². The van der Waals surface area contributed by atoms with Crippen molar-refractivity contribution in [2.24, 2.45) is 11.8 Å². The third kappa shape index (κ3) is 0.967. The Morgan fingerprint density at radius 1 is 1.42 bits per heavy atom. The number of rotatable bonds is 0. The summed E-state index contributed by atoms with van der Waals surface area (Å²) in [6.07, 6.45) is 3.53. The van der Waals surface area contributed by atoms with E-state index in [1.165, 1.54) is 5.57 Å². The van der Waals surface area contributed by atoms with Crippen LogP contribution in [0.3, 0.4) is 0 Å². The number of allylic oxidation sites excluding steroid dienone is 1. The number of cyclic esters (lactones) is 2. The molecule has 12 heavy (non-hydrogen) atoms. The molecule has 2 atom stereocenters. The van der Waals surface area contributed by atoms with Crippen molar-refractivity contribution in [1.29, 1.82) is 0 Å². The summed E-state index contributed by atoms with van der Waals surface area (Å²) in [5.41, 5.74) is 1.18. The van der Waals surface area contributed by atoms with Crippen LogP contribution < -0.4 is 0 Å². The Hall–Kier alpha value is -1.12. The summed E-state index contributed by atoms with van der Waals surface area (Å²) < 4.78 is 4.53. The maximum Gasteiger partial charge on any atom is 0.321 e. The summed E-state index contributed by atoms with van der Waals surface area (Å²) in [6, 6.07) is 0. The van der Waals surface area contributed by atoms with Crippen LogP contribution in [0.15, 0.2) is 11.6 Å². The fourth-order valence-electron chi connectivity index (χ4n) is 1.81. The Kier molecular flexibility index (Phi) is 1.53.